The van der Waals surface area contributed by atoms with Gasteiger partial charge in [0.2, 0.25) is 0 Å². The van der Waals surface area contributed by atoms with Gasteiger partial charge in [0.25, 0.3) is 0 Å². The van der Waals surface area contributed by atoms with Gasteiger partial charge in [-0.05, 0) is 32.0 Å². The maximum Gasteiger partial charge on any atom is 0.0897 e. The van der Waals surface area contributed by atoms with Crippen LogP contribution in [0.2, 0.25) is 0 Å². The first kappa shape index (κ1) is 15.1. The predicted octanol–water partition coefficient (Wildman–Crippen LogP) is 2.76. The molecule has 2 heterocycles. The Morgan fingerprint density at radius 1 is 1.45 bits per heavy atom. The fraction of sp³-hybridized carbons (Fsp3) is 0.467. The lowest BCUT2D eigenvalue weighted by Crippen LogP contribution is -2.38. The van der Waals surface area contributed by atoms with Gasteiger partial charge in [0.1, 0.15) is 0 Å². The lowest BCUT2D eigenvalue weighted by molar-refractivity contribution is 0.199. The molecule has 0 amide bonds. The second kappa shape index (κ2) is 6.92. The third-order valence-electron chi connectivity index (χ3n) is 3.46. The van der Waals surface area contributed by atoms with Crippen LogP contribution in [0, 0.1) is 6.92 Å². The largest absolute Gasteiger partial charge is 0.326 e. The van der Waals surface area contributed by atoms with Crippen molar-refractivity contribution in [1.29, 1.82) is 0 Å². The van der Waals surface area contributed by atoms with Crippen molar-refractivity contribution in [3.63, 3.8) is 0 Å². The van der Waals surface area contributed by atoms with Gasteiger partial charge in [0, 0.05) is 30.4 Å². The summed E-state index contributed by atoms with van der Waals surface area (Å²) in [5.74, 6) is 0. The smallest absolute Gasteiger partial charge is 0.0897 e. The maximum absolute atomic E-state index is 6.32. The molecule has 2 aromatic rings. The molecule has 0 aliphatic heterocycles. The Morgan fingerprint density at radius 3 is 2.80 bits per heavy atom. The molecule has 0 fully saturated rings. The molecule has 0 aliphatic rings. The Morgan fingerprint density at radius 2 is 2.25 bits per heavy atom. The third kappa shape index (κ3) is 3.62. The summed E-state index contributed by atoms with van der Waals surface area (Å²) in [5.41, 5.74) is 8.59. The number of aryl methyl sites for hydroxylation is 1. The highest BCUT2D eigenvalue weighted by Crippen LogP contribution is 2.25. The molecule has 0 saturated heterocycles. The lowest BCUT2D eigenvalue weighted by Gasteiger charge is -2.32. The highest BCUT2D eigenvalue weighted by atomic mass is 32.1. The lowest BCUT2D eigenvalue weighted by atomic mass is 9.98. The summed E-state index contributed by atoms with van der Waals surface area (Å²) >= 11 is 1.69. The predicted molar refractivity (Wildman–Crippen MR) is 83.6 cm³/mol. The molecule has 108 valence electrons. The molecule has 0 radical (unpaired) electrons. The van der Waals surface area contributed by atoms with Gasteiger partial charge in [-0.2, -0.15) is 0 Å². The molecule has 2 atom stereocenters. The first-order valence-electron chi connectivity index (χ1n) is 6.88. The van der Waals surface area contributed by atoms with Crippen LogP contribution in [0.3, 0.4) is 0 Å². The number of aromatic nitrogens is 2. The Kier molecular flexibility index (Phi) is 5.23. The van der Waals surface area contributed by atoms with Crippen molar-refractivity contribution in [3.8, 4) is 0 Å². The van der Waals surface area contributed by atoms with Gasteiger partial charge in [-0.25, -0.2) is 4.98 Å². The molecule has 4 nitrogen and oxygen atoms in total. The molecule has 0 aliphatic carbocycles. The molecular formula is C15H22N4S. The van der Waals surface area contributed by atoms with E-state index in [1.807, 2.05) is 19.2 Å². The van der Waals surface area contributed by atoms with Gasteiger partial charge in [-0.15, -0.1) is 11.3 Å². The molecule has 2 unspecified atom stereocenters. The zero-order valence-electron chi connectivity index (χ0n) is 12.3. The Balaban J connectivity index is 2.18. The van der Waals surface area contributed by atoms with Gasteiger partial charge in [-0.1, -0.05) is 13.0 Å². The monoisotopic (exact) mass is 290 g/mol. The van der Waals surface area contributed by atoms with Crippen molar-refractivity contribution in [2.45, 2.75) is 38.9 Å². The molecule has 2 N–H and O–H groups in total. The highest BCUT2D eigenvalue weighted by molar-refractivity contribution is 7.09. The van der Waals surface area contributed by atoms with Crippen LogP contribution in [0.5, 0.6) is 0 Å². The molecular weight excluding hydrogens is 268 g/mol. The van der Waals surface area contributed by atoms with Crippen LogP contribution in [0.15, 0.2) is 29.9 Å². The molecule has 20 heavy (non-hydrogen) atoms. The minimum atomic E-state index is 0.0870. The molecule has 0 spiro atoms. The van der Waals surface area contributed by atoms with Gasteiger partial charge >= 0.3 is 0 Å². The second-order valence-electron chi connectivity index (χ2n) is 5.08. The van der Waals surface area contributed by atoms with Crippen LogP contribution in [0.25, 0.3) is 0 Å². The van der Waals surface area contributed by atoms with Gasteiger partial charge in [0.05, 0.1) is 16.7 Å². The van der Waals surface area contributed by atoms with Crippen molar-refractivity contribution < 1.29 is 0 Å². The second-order valence-corrected chi connectivity index (χ2v) is 6.14. The summed E-state index contributed by atoms with van der Waals surface area (Å²) in [6.07, 6.45) is 4.63. The SMILES string of the molecule is CCC(N)C(c1cccnc1)N(C)Cc1csc(C)n1. The normalized spacial score (nSPS) is 14.4. The van der Waals surface area contributed by atoms with Crippen molar-refractivity contribution in [1.82, 2.24) is 14.9 Å². The fourth-order valence-corrected chi connectivity index (χ4v) is 3.04. The van der Waals surface area contributed by atoms with E-state index in [0.717, 1.165) is 29.2 Å². The van der Waals surface area contributed by atoms with Crippen LogP contribution in [-0.4, -0.2) is 28.0 Å². The standard InChI is InChI=1S/C15H22N4S/c1-4-14(16)15(12-6-5-7-17-8-12)19(3)9-13-10-20-11(2)18-13/h5-8,10,14-15H,4,9,16H2,1-3H3. The van der Waals surface area contributed by atoms with Crippen molar-refractivity contribution >= 4 is 11.3 Å². The fourth-order valence-electron chi connectivity index (χ4n) is 2.44. The van der Waals surface area contributed by atoms with E-state index in [2.05, 4.69) is 40.3 Å². The summed E-state index contributed by atoms with van der Waals surface area (Å²) in [7, 11) is 2.10. The van der Waals surface area contributed by atoms with E-state index in [9.17, 15) is 0 Å². The Hall–Kier alpha value is -1.30. The summed E-state index contributed by atoms with van der Waals surface area (Å²) in [6.45, 7) is 4.96. The van der Waals surface area contributed by atoms with Crippen molar-refractivity contribution in [3.05, 3.63) is 46.2 Å². The van der Waals surface area contributed by atoms with Crippen LogP contribution in [-0.2, 0) is 6.54 Å². The first-order chi connectivity index (χ1) is 9.61. The van der Waals surface area contributed by atoms with E-state index < -0.39 is 0 Å². The molecule has 0 aromatic carbocycles. The minimum Gasteiger partial charge on any atom is -0.326 e. The number of hydrogen-bond donors (Lipinski definition) is 1. The van der Waals surface area contributed by atoms with Crippen molar-refractivity contribution in [2.24, 2.45) is 5.73 Å². The van der Waals surface area contributed by atoms with E-state index in [1.165, 1.54) is 0 Å². The molecule has 0 saturated carbocycles. The summed E-state index contributed by atoms with van der Waals surface area (Å²) in [6, 6.07) is 4.31. The number of nitrogens with two attached hydrogens (primary N) is 1. The summed E-state index contributed by atoms with van der Waals surface area (Å²) in [5, 5.41) is 3.22. The van der Waals surface area contributed by atoms with Gasteiger partial charge in [-0.3, -0.25) is 9.88 Å². The zero-order valence-corrected chi connectivity index (χ0v) is 13.1. The number of thiazole rings is 1. The zero-order chi connectivity index (χ0) is 14.5. The molecule has 0 bridgehead atoms. The van der Waals surface area contributed by atoms with Crippen LogP contribution in [0.1, 0.15) is 35.7 Å². The van der Waals surface area contributed by atoms with Crippen LogP contribution < -0.4 is 5.73 Å². The van der Waals surface area contributed by atoms with E-state index in [0.29, 0.717) is 0 Å². The topological polar surface area (TPSA) is 55.0 Å². The Labute approximate surface area is 124 Å². The summed E-state index contributed by atoms with van der Waals surface area (Å²) in [4.78, 5) is 11.0. The molecule has 2 aromatic heterocycles. The van der Waals surface area contributed by atoms with Gasteiger partial charge < -0.3 is 5.73 Å². The summed E-state index contributed by atoms with van der Waals surface area (Å²) < 4.78 is 0. The van der Waals surface area contributed by atoms with E-state index in [1.54, 1.807) is 17.5 Å². The number of nitrogens with zero attached hydrogens (tertiary/aromatic N) is 3. The quantitative estimate of drug-likeness (QED) is 0.889. The van der Waals surface area contributed by atoms with Crippen LogP contribution in [0.4, 0.5) is 0 Å². The molecule has 5 heteroatoms. The average Bonchev–Trinajstić information content (AvgIpc) is 2.85. The molecule has 2 rings (SSSR count). The van der Waals surface area contributed by atoms with Crippen LogP contribution >= 0.6 is 11.3 Å². The number of pyridine rings is 1. The third-order valence-corrected chi connectivity index (χ3v) is 4.28. The Bertz CT molecular complexity index is 526. The van der Waals surface area contributed by atoms with E-state index in [-0.39, 0.29) is 12.1 Å². The maximum atomic E-state index is 6.32. The first-order valence-corrected chi connectivity index (χ1v) is 7.76. The number of hydrogen-bond acceptors (Lipinski definition) is 5. The average molecular weight is 290 g/mol. The van der Waals surface area contributed by atoms with Gasteiger partial charge in [0.15, 0.2) is 0 Å². The highest BCUT2D eigenvalue weighted by Gasteiger charge is 2.23. The van der Waals surface area contributed by atoms with Crippen molar-refractivity contribution in [2.75, 3.05) is 7.05 Å². The van der Waals surface area contributed by atoms with E-state index in [4.69, 9.17) is 5.73 Å². The van der Waals surface area contributed by atoms with E-state index >= 15 is 0 Å². The number of likely N-dealkylation sites (N-methyl/N-ethyl adjacent to an activating group) is 1. The minimum absolute atomic E-state index is 0.0870. The number of rotatable bonds is 6.